The molecule has 0 aliphatic heterocycles. The fraction of sp³-hybridized carbons (Fsp3) is 0.650. The fourth-order valence-corrected chi connectivity index (χ4v) is 3.19. The number of nitrogens with zero attached hydrogens (tertiary/aromatic N) is 1. The number of aryl methyl sites for hydroxylation is 1. The maximum Gasteiger partial charge on any atom is 0.191 e. The van der Waals surface area contributed by atoms with Crippen molar-refractivity contribution in [2.45, 2.75) is 45.6 Å². The summed E-state index contributed by atoms with van der Waals surface area (Å²) in [5.41, 5.74) is 1.53. The molecule has 5 nitrogen and oxygen atoms in total. The lowest BCUT2D eigenvalue weighted by atomic mass is 9.67. The Bertz CT molecular complexity index is 556. The smallest absolute Gasteiger partial charge is 0.191 e. The van der Waals surface area contributed by atoms with Gasteiger partial charge in [-0.05, 0) is 50.2 Å². The van der Waals surface area contributed by atoms with Gasteiger partial charge in [-0.1, -0.05) is 24.6 Å². The molecule has 0 spiro atoms. The average Bonchev–Trinajstić information content (AvgIpc) is 2.58. The monoisotopic (exact) mass is 347 g/mol. The van der Waals surface area contributed by atoms with Gasteiger partial charge in [0.2, 0.25) is 0 Å². The molecule has 0 radical (unpaired) electrons. The molecule has 1 aliphatic rings. The molecule has 0 bridgehead atoms. The Morgan fingerprint density at radius 3 is 2.64 bits per heavy atom. The Morgan fingerprint density at radius 2 is 2.04 bits per heavy atom. The normalized spacial score (nSPS) is 17.5. The van der Waals surface area contributed by atoms with E-state index in [0.717, 1.165) is 36.8 Å². The van der Waals surface area contributed by atoms with Crippen molar-refractivity contribution in [1.82, 2.24) is 10.6 Å². The highest BCUT2D eigenvalue weighted by Crippen LogP contribution is 2.43. The van der Waals surface area contributed by atoms with Crippen LogP contribution in [-0.4, -0.2) is 45.9 Å². The lowest BCUT2D eigenvalue weighted by Gasteiger charge is -2.42. The largest absolute Gasteiger partial charge is 0.489 e. The van der Waals surface area contributed by atoms with Crippen LogP contribution in [0.25, 0.3) is 0 Å². The number of aliphatic imine (C=N–C) groups is 1. The third-order valence-corrected chi connectivity index (χ3v) is 5.08. The van der Waals surface area contributed by atoms with Crippen LogP contribution in [0.15, 0.2) is 29.3 Å². The molecule has 140 valence electrons. The van der Waals surface area contributed by atoms with Gasteiger partial charge < -0.3 is 20.1 Å². The molecule has 25 heavy (non-hydrogen) atoms. The molecule has 5 heteroatoms. The number of benzene rings is 1. The minimum absolute atomic E-state index is 0.0609. The van der Waals surface area contributed by atoms with Gasteiger partial charge in [-0.2, -0.15) is 0 Å². The van der Waals surface area contributed by atoms with E-state index in [1.165, 1.54) is 19.3 Å². The van der Waals surface area contributed by atoms with Gasteiger partial charge in [0, 0.05) is 27.3 Å². The van der Waals surface area contributed by atoms with E-state index >= 15 is 0 Å². The number of guanidine groups is 1. The highest BCUT2D eigenvalue weighted by Gasteiger charge is 2.36. The third-order valence-electron chi connectivity index (χ3n) is 5.08. The predicted molar refractivity (Wildman–Crippen MR) is 103 cm³/mol. The van der Waals surface area contributed by atoms with E-state index < -0.39 is 0 Å². The van der Waals surface area contributed by atoms with Crippen molar-refractivity contribution >= 4 is 5.96 Å². The van der Waals surface area contributed by atoms with Crippen molar-refractivity contribution in [2.24, 2.45) is 10.4 Å². The minimum atomic E-state index is 0.0609. The molecule has 1 fully saturated rings. The maximum atomic E-state index is 6.01. The summed E-state index contributed by atoms with van der Waals surface area (Å²) in [7, 11) is 3.58. The van der Waals surface area contributed by atoms with E-state index in [-0.39, 0.29) is 6.10 Å². The summed E-state index contributed by atoms with van der Waals surface area (Å²) in [5, 5.41) is 6.85. The van der Waals surface area contributed by atoms with Gasteiger partial charge >= 0.3 is 0 Å². The Morgan fingerprint density at radius 1 is 1.28 bits per heavy atom. The molecule has 0 heterocycles. The molecular weight excluding hydrogens is 314 g/mol. The lowest BCUT2D eigenvalue weighted by molar-refractivity contribution is 0.0732. The Balaban J connectivity index is 1.75. The van der Waals surface area contributed by atoms with E-state index in [9.17, 15) is 0 Å². The number of hydrogen-bond donors (Lipinski definition) is 2. The molecule has 1 unspecified atom stereocenters. The van der Waals surface area contributed by atoms with Crippen LogP contribution in [0, 0.1) is 12.3 Å². The van der Waals surface area contributed by atoms with Crippen LogP contribution in [0.3, 0.4) is 0 Å². The van der Waals surface area contributed by atoms with E-state index in [2.05, 4.69) is 35.5 Å². The fourth-order valence-electron chi connectivity index (χ4n) is 3.19. The summed E-state index contributed by atoms with van der Waals surface area (Å²) in [6.45, 7) is 6.62. The van der Waals surface area contributed by atoms with Crippen molar-refractivity contribution in [1.29, 1.82) is 0 Å². The highest BCUT2D eigenvalue weighted by atomic mass is 16.5. The Hall–Kier alpha value is -1.75. The van der Waals surface area contributed by atoms with Crippen LogP contribution in [0.2, 0.25) is 0 Å². The van der Waals surface area contributed by atoms with Crippen molar-refractivity contribution in [2.75, 3.05) is 33.9 Å². The number of rotatable bonds is 9. The van der Waals surface area contributed by atoms with Crippen LogP contribution in [-0.2, 0) is 4.74 Å². The summed E-state index contributed by atoms with van der Waals surface area (Å²) in [6.07, 6.45) is 5.03. The second kappa shape index (κ2) is 9.66. The van der Waals surface area contributed by atoms with Crippen LogP contribution in [0.1, 0.15) is 38.2 Å². The molecule has 2 N–H and O–H groups in total. The van der Waals surface area contributed by atoms with Gasteiger partial charge in [-0.3, -0.25) is 4.99 Å². The summed E-state index contributed by atoms with van der Waals surface area (Å²) >= 11 is 0. The molecule has 0 saturated heterocycles. The first-order valence-corrected chi connectivity index (χ1v) is 9.24. The van der Waals surface area contributed by atoms with Crippen LogP contribution in [0.4, 0.5) is 0 Å². The van der Waals surface area contributed by atoms with E-state index in [1.807, 2.05) is 25.2 Å². The first kappa shape index (κ1) is 19.6. The number of hydrogen-bond acceptors (Lipinski definition) is 3. The third kappa shape index (κ3) is 5.92. The zero-order valence-corrected chi connectivity index (χ0v) is 16.1. The quantitative estimate of drug-likeness (QED) is 0.532. The highest BCUT2D eigenvalue weighted by molar-refractivity contribution is 5.79. The van der Waals surface area contributed by atoms with Crippen LogP contribution in [0.5, 0.6) is 5.75 Å². The Kier molecular flexibility index (Phi) is 7.56. The van der Waals surface area contributed by atoms with Gasteiger partial charge in [-0.25, -0.2) is 0 Å². The van der Waals surface area contributed by atoms with E-state index in [1.54, 1.807) is 7.11 Å². The van der Waals surface area contributed by atoms with Crippen molar-refractivity contribution in [3.8, 4) is 5.75 Å². The summed E-state index contributed by atoms with van der Waals surface area (Å²) in [5.74, 6) is 1.77. The maximum absolute atomic E-state index is 6.01. The standard InChI is InChI=1S/C20H33N3O2/c1-16-8-5-6-9-18(16)25-17(2)14-22-19(21-3)23-15-20(10-7-11-20)12-13-24-4/h5-6,8-9,17H,7,10-15H2,1-4H3,(H2,21,22,23). The molecule has 1 aromatic carbocycles. The van der Waals surface area contributed by atoms with Crippen molar-refractivity contribution < 1.29 is 9.47 Å². The molecule has 1 saturated carbocycles. The lowest BCUT2D eigenvalue weighted by Crippen LogP contribution is -2.48. The Labute approximate surface area is 152 Å². The molecule has 1 aliphatic carbocycles. The van der Waals surface area contributed by atoms with Crippen LogP contribution >= 0.6 is 0 Å². The van der Waals surface area contributed by atoms with Gasteiger partial charge in [0.1, 0.15) is 11.9 Å². The zero-order chi connectivity index (χ0) is 18.1. The molecule has 0 amide bonds. The average molecular weight is 348 g/mol. The minimum Gasteiger partial charge on any atom is -0.489 e. The summed E-state index contributed by atoms with van der Waals surface area (Å²) in [4.78, 5) is 4.33. The first-order chi connectivity index (χ1) is 12.1. The van der Waals surface area contributed by atoms with Gasteiger partial charge in [0.05, 0.1) is 6.54 Å². The SMILES string of the molecule is CN=C(NCC(C)Oc1ccccc1C)NCC1(CCOC)CCC1. The first-order valence-electron chi connectivity index (χ1n) is 9.24. The molecule has 1 atom stereocenters. The van der Waals surface area contributed by atoms with E-state index in [4.69, 9.17) is 9.47 Å². The number of ether oxygens (including phenoxy) is 2. The number of para-hydroxylation sites is 1. The topological polar surface area (TPSA) is 54.9 Å². The van der Waals surface area contributed by atoms with Crippen LogP contribution < -0.4 is 15.4 Å². The molecular formula is C20H33N3O2. The summed E-state index contributed by atoms with van der Waals surface area (Å²) < 4.78 is 11.3. The zero-order valence-electron chi connectivity index (χ0n) is 16.1. The number of methoxy groups -OCH3 is 1. The second-order valence-electron chi connectivity index (χ2n) is 7.10. The van der Waals surface area contributed by atoms with Gasteiger partial charge in [0.25, 0.3) is 0 Å². The molecule has 1 aromatic rings. The molecule has 0 aromatic heterocycles. The van der Waals surface area contributed by atoms with Crippen molar-refractivity contribution in [3.63, 3.8) is 0 Å². The van der Waals surface area contributed by atoms with E-state index in [0.29, 0.717) is 12.0 Å². The number of nitrogens with one attached hydrogen (secondary N) is 2. The van der Waals surface area contributed by atoms with Gasteiger partial charge in [0.15, 0.2) is 5.96 Å². The summed E-state index contributed by atoms with van der Waals surface area (Å²) in [6, 6.07) is 8.10. The van der Waals surface area contributed by atoms with Gasteiger partial charge in [-0.15, -0.1) is 0 Å². The second-order valence-corrected chi connectivity index (χ2v) is 7.10. The predicted octanol–water partition coefficient (Wildman–Crippen LogP) is 3.13. The van der Waals surface area contributed by atoms with Crippen molar-refractivity contribution in [3.05, 3.63) is 29.8 Å². The molecule has 2 rings (SSSR count).